The van der Waals surface area contributed by atoms with Gasteiger partial charge in [0.05, 0.1) is 5.69 Å². The standard InChI is InChI=1S/C15H26N4O.HI/c1-11-13(12(2)20-18-11)6-8-17-14(16-5)19-9-7-15(3,4)10-19;/h6-10H2,1-5H3,(H,16,17);1H. The van der Waals surface area contributed by atoms with Crippen LogP contribution in [0.15, 0.2) is 9.52 Å². The quantitative estimate of drug-likeness (QED) is 0.477. The zero-order valence-corrected chi connectivity index (χ0v) is 16.0. The number of nitrogens with one attached hydrogen (secondary N) is 1. The van der Waals surface area contributed by atoms with Crippen LogP contribution >= 0.6 is 24.0 Å². The number of hydrogen-bond acceptors (Lipinski definition) is 3. The van der Waals surface area contributed by atoms with Gasteiger partial charge in [-0.3, -0.25) is 4.99 Å². The van der Waals surface area contributed by atoms with Gasteiger partial charge >= 0.3 is 0 Å². The van der Waals surface area contributed by atoms with Crippen LogP contribution in [0.5, 0.6) is 0 Å². The maximum atomic E-state index is 5.19. The minimum atomic E-state index is 0. The van der Waals surface area contributed by atoms with Crippen molar-refractivity contribution in [1.29, 1.82) is 0 Å². The van der Waals surface area contributed by atoms with Gasteiger partial charge in [0.2, 0.25) is 0 Å². The van der Waals surface area contributed by atoms with E-state index in [1.807, 2.05) is 20.9 Å². The molecule has 1 aliphatic heterocycles. The Hall–Kier alpha value is -0.790. The second-order valence-corrected chi connectivity index (χ2v) is 6.36. The van der Waals surface area contributed by atoms with E-state index >= 15 is 0 Å². The van der Waals surface area contributed by atoms with E-state index in [-0.39, 0.29) is 24.0 Å². The zero-order chi connectivity index (χ0) is 14.8. The molecule has 0 aliphatic carbocycles. The van der Waals surface area contributed by atoms with Crippen LogP contribution < -0.4 is 5.32 Å². The number of guanidine groups is 1. The number of aliphatic imine (C=N–C) groups is 1. The van der Waals surface area contributed by atoms with Crippen LogP contribution in [-0.4, -0.2) is 42.7 Å². The first-order valence-electron chi connectivity index (χ1n) is 7.30. The third kappa shape index (κ3) is 4.59. The first-order chi connectivity index (χ1) is 9.43. The third-order valence-corrected chi connectivity index (χ3v) is 4.03. The smallest absolute Gasteiger partial charge is 0.193 e. The van der Waals surface area contributed by atoms with E-state index in [1.165, 1.54) is 12.0 Å². The molecule has 2 heterocycles. The summed E-state index contributed by atoms with van der Waals surface area (Å²) < 4.78 is 5.19. The topological polar surface area (TPSA) is 53.7 Å². The van der Waals surface area contributed by atoms with Gasteiger partial charge in [0, 0.05) is 32.2 Å². The molecule has 1 aliphatic rings. The maximum absolute atomic E-state index is 5.19. The van der Waals surface area contributed by atoms with Crippen molar-refractivity contribution in [3.05, 3.63) is 17.0 Å². The van der Waals surface area contributed by atoms with Crippen molar-refractivity contribution in [2.24, 2.45) is 10.4 Å². The summed E-state index contributed by atoms with van der Waals surface area (Å²) in [6, 6.07) is 0. The molecule has 1 saturated heterocycles. The molecule has 21 heavy (non-hydrogen) atoms. The van der Waals surface area contributed by atoms with Gasteiger partial charge in [-0.15, -0.1) is 24.0 Å². The molecule has 0 aromatic carbocycles. The van der Waals surface area contributed by atoms with Gasteiger partial charge in [-0.2, -0.15) is 0 Å². The molecule has 1 aromatic rings. The number of nitrogens with zero attached hydrogens (tertiary/aromatic N) is 3. The van der Waals surface area contributed by atoms with Gasteiger partial charge in [-0.25, -0.2) is 0 Å². The van der Waals surface area contributed by atoms with Crippen LogP contribution in [0.3, 0.4) is 0 Å². The van der Waals surface area contributed by atoms with Crippen molar-refractivity contribution in [3.63, 3.8) is 0 Å². The molecule has 0 bridgehead atoms. The largest absolute Gasteiger partial charge is 0.361 e. The molecular weight excluding hydrogens is 379 g/mol. The summed E-state index contributed by atoms with van der Waals surface area (Å²) in [4.78, 5) is 6.73. The lowest BCUT2D eigenvalue weighted by Crippen LogP contribution is -2.41. The van der Waals surface area contributed by atoms with Gasteiger partial charge in [-0.1, -0.05) is 19.0 Å². The maximum Gasteiger partial charge on any atom is 0.193 e. The van der Waals surface area contributed by atoms with Crippen molar-refractivity contribution >= 4 is 29.9 Å². The van der Waals surface area contributed by atoms with E-state index in [0.29, 0.717) is 5.41 Å². The summed E-state index contributed by atoms with van der Waals surface area (Å²) in [6.07, 6.45) is 2.13. The van der Waals surface area contributed by atoms with Gasteiger partial charge in [0.25, 0.3) is 0 Å². The van der Waals surface area contributed by atoms with E-state index in [9.17, 15) is 0 Å². The Bertz CT molecular complexity index is 476. The van der Waals surface area contributed by atoms with E-state index in [0.717, 1.165) is 43.5 Å². The molecule has 0 spiro atoms. The normalized spacial score (nSPS) is 17.8. The lowest BCUT2D eigenvalue weighted by molar-refractivity contribution is 0.370. The molecule has 0 saturated carbocycles. The highest BCUT2D eigenvalue weighted by Gasteiger charge is 2.30. The number of halogens is 1. The average Bonchev–Trinajstić information content (AvgIpc) is 2.90. The summed E-state index contributed by atoms with van der Waals surface area (Å²) in [7, 11) is 1.85. The van der Waals surface area contributed by atoms with E-state index < -0.39 is 0 Å². The third-order valence-electron chi connectivity index (χ3n) is 4.03. The fraction of sp³-hybridized carbons (Fsp3) is 0.733. The number of aromatic nitrogens is 1. The Labute approximate surface area is 144 Å². The van der Waals surface area contributed by atoms with Gasteiger partial charge < -0.3 is 14.7 Å². The fourth-order valence-electron chi connectivity index (χ4n) is 2.78. The second kappa shape index (κ2) is 7.47. The molecule has 120 valence electrons. The Morgan fingerprint density at radius 3 is 2.62 bits per heavy atom. The van der Waals surface area contributed by atoms with Crippen molar-refractivity contribution < 1.29 is 4.52 Å². The van der Waals surface area contributed by atoms with E-state index in [1.54, 1.807) is 0 Å². The summed E-state index contributed by atoms with van der Waals surface area (Å²) in [5.74, 6) is 1.92. The van der Waals surface area contributed by atoms with Crippen LogP contribution in [0.25, 0.3) is 0 Å². The molecule has 5 nitrogen and oxygen atoms in total. The minimum Gasteiger partial charge on any atom is -0.361 e. The molecule has 1 N–H and O–H groups in total. The SMILES string of the molecule is CN=C(NCCc1c(C)noc1C)N1CCC(C)(C)C1.I. The number of aryl methyl sites for hydroxylation is 2. The second-order valence-electron chi connectivity index (χ2n) is 6.36. The summed E-state index contributed by atoms with van der Waals surface area (Å²) in [5.41, 5.74) is 2.58. The molecule has 2 rings (SSSR count). The molecule has 6 heteroatoms. The van der Waals surface area contributed by atoms with Crippen LogP contribution in [0, 0.1) is 19.3 Å². The highest BCUT2D eigenvalue weighted by molar-refractivity contribution is 14.0. The molecule has 0 atom stereocenters. The predicted octanol–water partition coefficient (Wildman–Crippen LogP) is 2.76. The van der Waals surface area contributed by atoms with Crippen molar-refractivity contribution in [3.8, 4) is 0 Å². The highest BCUT2D eigenvalue weighted by Crippen LogP contribution is 2.28. The molecular formula is C15H27IN4O. The van der Waals surface area contributed by atoms with Crippen LogP contribution in [0.2, 0.25) is 0 Å². The first-order valence-corrected chi connectivity index (χ1v) is 7.30. The number of rotatable bonds is 3. The fourth-order valence-corrected chi connectivity index (χ4v) is 2.78. The predicted molar refractivity (Wildman–Crippen MR) is 96.4 cm³/mol. The molecule has 1 aromatic heterocycles. The van der Waals surface area contributed by atoms with E-state index in [2.05, 4.69) is 34.2 Å². The van der Waals surface area contributed by atoms with Gasteiger partial charge in [-0.05, 0) is 32.1 Å². The van der Waals surface area contributed by atoms with Gasteiger partial charge in [0.1, 0.15) is 5.76 Å². The highest BCUT2D eigenvalue weighted by atomic mass is 127. The minimum absolute atomic E-state index is 0. The van der Waals surface area contributed by atoms with Crippen molar-refractivity contribution in [2.45, 2.75) is 40.5 Å². The van der Waals surface area contributed by atoms with E-state index in [4.69, 9.17) is 4.52 Å². The molecule has 0 amide bonds. The zero-order valence-electron chi connectivity index (χ0n) is 13.7. The summed E-state index contributed by atoms with van der Waals surface area (Å²) in [6.45, 7) is 11.6. The van der Waals surface area contributed by atoms with Crippen LogP contribution in [0.1, 0.15) is 37.3 Å². The monoisotopic (exact) mass is 406 g/mol. The average molecular weight is 406 g/mol. The van der Waals surface area contributed by atoms with Gasteiger partial charge in [0.15, 0.2) is 5.96 Å². The lowest BCUT2D eigenvalue weighted by Gasteiger charge is -2.23. The Kier molecular flexibility index (Phi) is 6.49. The van der Waals surface area contributed by atoms with Crippen molar-refractivity contribution in [1.82, 2.24) is 15.4 Å². The molecule has 0 radical (unpaired) electrons. The Balaban J connectivity index is 0.00000220. The molecule has 0 unspecified atom stereocenters. The molecule has 1 fully saturated rings. The number of hydrogen-bond donors (Lipinski definition) is 1. The lowest BCUT2D eigenvalue weighted by atomic mass is 9.93. The first kappa shape index (κ1) is 18.3. The summed E-state index contributed by atoms with van der Waals surface area (Å²) >= 11 is 0. The van der Waals surface area contributed by atoms with Crippen LogP contribution in [-0.2, 0) is 6.42 Å². The Morgan fingerprint density at radius 2 is 2.14 bits per heavy atom. The van der Waals surface area contributed by atoms with Crippen LogP contribution in [0.4, 0.5) is 0 Å². The Morgan fingerprint density at radius 1 is 1.43 bits per heavy atom. The van der Waals surface area contributed by atoms with Crippen molar-refractivity contribution in [2.75, 3.05) is 26.7 Å². The number of likely N-dealkylation sites (tertiary alicyclic amines) is 1. The summed E-state index contributed by atoms with van der Waals surface area (Å²) in [5, 5.41) is 7.44.